The number of carbonyl (C=O) groups is 4. The highest BCUT2D eigenvalue weighted by molar-refractivity contribution is 8.00. The highest BCUT2D eigenvalue weighted by Crippen LogP contribution is 2.37. The second-order valence-electron chi connectivity index (χ2n) is 10.4. The third-order valence-electron chi connectivity index (χ3n) is 6.98. The Labute approximate surface area is 282 Å². The number of hydrogen-bond acceptors (Lipinski definition) is 5. The second-order valence-corrected chi connectivity index (χ2v) is 12.1. The maximum Gasteiger partial charge on any atom is 0.272 e. The van der Waals surface area contributed by atoms with E-state index in [9.17, 15) is 19.2 Å². The number of ketones is 1. The molecule has 7 nitrogen and oxygen atoms in total. The van der Waals surface area contributed by atoms with Gasteiger partial charge in [0.25, 0.3) is 11.8 Å². The lowest BCUT2D eigenvalue weighted by molar-refractivity contribution is -0.116. The Kier molecular flexibility index (Phi) is 11.0. The lowest BCUT2D eigenvalue weighted by Gasteiger charge is -2.18. The van der Waals surface area contributed by atoms with E-state index in [0.717, 1.165) is 10.5 Å². The van der Waals surface area contributed by atoms with Crippen LogP contribution in [0.4, 0.5) is 11.4 Å². The number of Topliss-reactive ketones (excluding diaryl/α,β-unsaturated/α-hetero) is 1. The molecule has 0 saturated heterocycles. The molecule has 1 unspecified atom stereocenters. The Balaban J connectivity index is 1.31. The van der Waals surface area contributed by atoms with Gasteiger partial charge < -0.3 is 16.0 Å². The Hall–Kier alpha value is -5.44. The summed E-state index contributed by atoms with van der Waals surface area (Å²) >= 11 is 7.39. The Morgan fingerprint density at radius 1 is 0.660 bits per heavy atom. The van der Waals surface area contributed by atoms with Crippen molar-refractivity contribution in [3.8, 4) is 0 Å². The Morgan fingerprint density at radius 3 is 1.85 bits per heavy atom. The van der Waals surface area contributed by atoms with Gasteiger partial charge in [0.15, 0.2) is 5.78 Å². The van der Waals surface area contributed by atoms with E-state index in [2.05, 4.69) is 16.0 Å². The topological polar surface area (TPSA) is 104 Å². The van der Waals surface area contributed by atoms with Crippen LogP contribution in [0.3, 0.4) is 0 Å². The van der Waals surface area contributed by atoms with Crippen molar-refractivity contribution in [2.45, 2.75) is 17.1 Å². The third kappa shape index (κ3) is 9.29. The number of hydrogen-bond donors (Lipinski definition) is 3. The van der Waals surface area contributed by atoms with Gasteiger partial charge in [0.2, 0.25) is 5.91 Å². The van der Waals surface area contributed by atoms with Gasteiger partial charge in [-0.25, -0.2) is 0 Å². The van der Waals surface area contributed by atoms with E-state index in [4.69, 9.17) is 11.6 Å². The number of nitrogens with one attached hydrogen (secondary N) is 3. The van der Waals surface area contributed by atoms with Gasteiger partial charge >= 0.3 is 0 Å². The zero-order chi connectivity index (χ0) is 33.2. The molecule has 0 fully saturated rings. The molecular formula is C38H30ClN3O4S. The molecule has 0 heterocycles. The number of thioether (sulfide) groups is 1. The van der Waals surface area contributed by atoms with E-state index in [-0.39, 0.29) is 17.4 Å². The summed E-state index contributed by atoms with van der Waals surface area (Å²) in [5.41, 5.74) is 3.61. The summed E-state index contributed by atoms with van der Waals surface area (Å²) in [6.07, 6.45) is 1.58. The van der Waals surface area contributed by atoms with Crippen molar-refractivity contribution in [1.29, 1.82) is 0 Å². The van der Waals surface area contributed by atoms with Crippen LogP contribution < -0.4 is 16.0 Å². The number of benzene rings is 5. The molecule has 9 heteroatoms. The molecule has 0 aromatic heterocycles. The minimum atomic E-state index is -0.578. The smallest absolute Gasteiger partial charge is 0.272 e. The summed E-state index contributed by atoms with van der Waals surface area (Å²) in [4.78, 5) is 52.3. The molecule has 47 heavy (non-hydrogen) atoms. The van der Waals surface area contributed by atoms with Crippen molar-refractivity contribution < 1.29 is 19.2 Å². The maximum absolute atomic E-state index is 13.5. The van der Waals surface area contributed by atoms with Crippen molar-refractivity contribution in [3.05, 3.63) is 166 Å². The fraction of sp³-hybridized carbons (Fsp3) is 0.0526. The summed E-state index contributed by atoms with van der Waals surface area (Å²) < 4.78 is 0. The maximum atomic E-state index is 13.5. The zero-order valence-corrected chi connectivity index (χ0v) is 26.8. The zero-order valence-electron chi connectivity index (χ0n) is 25.3. The van der Waals surface area contributed by atoms with Gasteiger partial charge in [0.1, 0.15) is 10.9 Å². The van der Waals surface area contributed by atoms with E-state index in [1.54, 1.807) is 97.1 Å². The molecule has 0 aliphatic rings. The van der Waals surface area contributed by atoms with Crippen LogP contribution in [0.2, 0.25) is 5.02 Å². The molecule has 0 spiro atoms. The number of anilines is 2. The summed E-state index contributed by atoms with van der Waals surface area (Å²) in [5, 5.41) is 8.50. The standard InChI is InChI=1S/C38H30ClN3O4S/c1-25(43)27-14-18-31(19-15-27)41-38(46)35(28-8-4-2-5-9-28)47-33-22-20-32(21-23-33)40-37(45)34(24-26-12-16-30(39)17-13-26)42-36(44)29-10-6-3-7-11-29/h2-24,35H,1H3,(H,40,45)(H,41,46)(H,42,44)/b34-24-. The first-order valence-electron chi connectivity index (χ1n) is 14.6. The van der Waals surface area contributed by atoms with E-state index >= 15 is 0 Å². The molecule has 0 aliphatic carbocycles. The third-order valence-corrected chi connectivity index (χ3v) is 8.49. The molecule has 1 atom stereocenters. The molecule has 3 amide bonds. The van der Waals surface area contributed by atoms with Crippen LogP contribution in [0.15, 0.2) is 144 Å². The molecule has 3 N–H and O–H groups in total. The molecular weight excluding hydrogens is 630 g/mol. The van der Waals surface area contributed by atoms with Gasteiger partial charge in [-0.15, -0.1) is 11.8 Å². The minimum absolute atomic E-state index is 0.0500. The first kappa shape index (κ1) is 32.9. The first-order valence-corrected chi connectivity index (χ1v) is 15.9. The predicted molar refractivity (Wildman–Crippen MR) is 189 cm³/mol. The largest absolute Gasteiger partial charge is 0.325 e. The van der Waals surface area contributed by atoms with Crippen LogP contribution in [0, 0.1) is 0 Å². The molecule has 0 bridgehead atoms. The van der Waals surface area contributed by atoms with Crippen LogP contribution in [-0.4, -0.2) is 23.5 Å². The fourth-order valence-corrected chi connectivity index (χ4v) is 5.67. The number of amides is 3. The molecule has 5 aromatic rings. The number of halogens is 1. The minimum Gasteiger partial charge on any atom is -0.325 e. The van der Waals surface area contributed by atoms with Crippen molar-refractivity contribution in [2.24, 2.45) is 0 Å². The molecule has 0 saturated carbocycles. The van der Waals surface area contributed by atoms with Gasteiger partial charge in [0, 0.05) is 32.4 Å². The highest BCUT2D eigenvalue weighted by Gasteiger charge is 2.23. The first-order chi connectivity index (χ1) is 22.7. The lowest BCUT2D eigenvalue weighted by atomic mass is 10.1. The van der Waals surface area contributed by atoms with Crippen LogP contribution >= 0.6 is 23.4 Å². The SMILES string of the molecule is CC(=O)c1ccc(NC(=O)C(Sc2ccc(NC(=O)/C(=C/c3ccc(Cl)cc3)NC(=O)c3ccccc3)cc2)c2ccccc2)cc1. The second kappa shape index (κ2) is 15.7. The van der Waals surface area contributed by atoms with Gasteiger partial charge in [-0.1, -0.05) is 72.3 Å². The molecule has 0 radical (unpaired) electrons. The summed E-state index contributed by atoms with van der Waals surface area (Å²) in [6, 6.07) is 38.8. The Morgan fingerprint density at radius 2 is 1.23 bits per heavy atom. The number of carbonyl (C=O) groups excluding carboxylic acids is 4. The molecule has 0 aliphatic heterocycles. The van der Waals surface area contributed by atoms with Crippen molar-refractivity contribution in [3.63, 3.8) is 0 Å². The van der Waals surface area contributed by atoms with E-state index in [1.165, 1.54) is 18.7 Å². The van der Waals surface area contributed by atoms with Crippen LogP contribution in [0.1, 0.15) is 44.0 Å². The Bertz CT molecular complexity index is 1900. The fourth-order valence-electron chi connectivity index (χ4n) is 4.52. The van der Waals surface area contributed by atoms with Gasteiger partial charge in [-0.3, -0.25) is 19.2 Å². The monoisotopic (exact) mass is 659 g/mol. The number of rotatable bonds is 11. The quantitative estimate of drug-likeness (QED) is 0.0750. The van der Waals surface area contributed by atoms with Crippen LogP contribution in [-0.2, 0) is 9.59 Å². The summed E-state index contributed by atoms with van der Waals surface area (Å²) in [6.45, 7) is 1.49. The van der Waals surface area contributed by atoms with Crippen molar-refractivity contribution >= 4 is 64.3 Å². The van der Waals surface area contributed by atoms with E-state index in [0.29, 0.717) is 33.1 Å². The van der Waals surface area contributed by atoms with Crippen molar-refractivity contribution in [2.75, 3.05) is 10.6 Å². The van der Waals surface area contributed by atoms with Crippen LogP contribution in [0.5, 0.6) is 0 Å². The van der Waals surface area contributed by atoms with E-state index in [1.807, 2.05) is 42.5 Å². The lowest BCUT2D eigenvalue weighted by Crippen LogP contribution is -2.30. The molecule has 234 valence electrons. The van der Waals surface area contributed by atoms with Crippen LogP contribution in [0.25, 0.3) is 6.08 Å². The van der Waals surface area contributed by atoms with Gasteiger partial charge in [-0.2, -0.15) is 0 Å². The van der Waals surface area contributed by atoms with Gasteiger partial charge in [0.05, 0.1) is 0 Å². The summed E-state index contributed by atoms with van der Waals surface area (Å²) in [7, 11) is 0. The average molecular weight is 660 g/mol. The predicted octanol–water partition coefficient (Wildman–Crippen LogP) is 8.42. The summed E-state index contributed by atoms with van der Waals surface area (Å²) in [5.74, 6) is -1.21. The average Bonchev–Trinajstić information content (AvgIpc) is 3.09. The highest BCUT2D eigenvalue weighted by atomic mass is 35.5. The molecule has 5 rings (SSSR count). The van der Waals surface area contributed by atoms with E-state index < -0.39 is 17.1 Å². The molecule has 5 aromatic carbocycles. The van der Waals surface area contributed by atoms with Gasteiger partial charge in [-0.05, 0) is 96.9 Å². The van der Waals surface area contributed by atoms with Crippen molar-refractivity contribution in [1.82, 2.24) is 5.32 Å². The normalized spacial score (nSPS) is 11.7.